The van der Waals surface area contributed by atoms with E-state index < -0.39 is 32.5 Å². The molecule has 0 radical (unpaired) electrons. The Kier molecular flexibility index (Phi) is 5.13. The number of carboxylic acid groups (broad SMARTS) is 1. The van der Waals surface area contributed by atoms with E-state index in [1.165, 1.54) is 6.20 Å². The molecule has 0 aliphatic carbocycles. The minimum atomic E-state index is -4.77. The number of hydrogen-bond donors (Lipinski definition) is 6. The van der Waals surface area contributed by atoms with Crippen molar-refractivity contribution in [3.63, 3.8) is 0 Å². The molecule has 0 amide bonds. The Morgan fingerprint density at radius 1 is 1.33 bits per heavy atom. The zero-order chi connectivity index (χ0) is 21.6. The van der Waals surface area contributed by atoms with Gasteiger partial charge in [0.1, 0.15) is 11.8 Å². The van der Waals surface area contributed by atoms with Gasteiger partial charge < -0.3 is 25.0 Å². The molecule has 11 heteroatoms. The molecule has 3 aromatic rings. The molecule has 0 saturated heterocycles. The van der Waals surface area contributed by atoms with E-state index in [4.69, 9.17) is 9.79 Å². The SMILES string of the molecule is Cc1ncc(COP(=O)(O)O)c(C2NC(C(=O)O)Cc3c2[nH]c2ccccc32)c1O. The Labute approximate surface area is 170 Å². The zero-order valence-electron chi connectivity index (χ0n) is 15.9. The summed E-state index contributed by atoms with van der Waals surface area (Å²) < 4.78 is 15.8. The molecule has 2 atom stereocenters. The second-order valence-electron chi connectivity index (χ2n) is 7.15. The molecule has 4 rings (SSSR count). The van der Waals surface area contributed by atoms with E-state index >= 15 is 0 Å². The van der Waals surface area contributed by atoms with Crippen LogP contribution in [0, 0.1) is 6.92 Å². The van der Waals surface area contributed by atoms with Crippen molar-refractivity contribution in [1.29, 1.82) is 0 Å². The number of nitrogens with one attached hydrogen (secondary N) is 2. The molecular formula is C19H20N3O7P. The third-order valence-corrected chi connectivity index (χ3v) is 5.71. The highest BCUT2D eigenvalue weighted by Crippen LogP contribution is 2.42. The second-order valence-corrected chi connectivity index (χ2v) is 8.39. The number of nitrogens with zero attached hydrogens (tertiary/aromatic N) is 1. The number of aliphatic carboxylic acids is 1. The lowest BCUT2D eigenvalue weighted by molar-refractivity contribution is -0.139. The number of carbonyl (C=O) groups is 1. The molecule has 30 heavy (non-hydrogen) atoms. The van der Waals surface area contributed by atoms with Crippen LogP contribution in [0.2, 0.25) is 0 Å². The quantitative estimate of drug-likeness (QED) is 0.329. The molecule has 0 fully saturated rings. The van der Waals surface area contributed by atoms with Crippen LogP contribution in [0.15, 0.2) is 30.5 Å². The molecule has 10 nitrogen and oxygen atoms in total. The van der Waals surface area contributed by atoms with Crippen molar-refractivity contribution in [2.45, 2.75) is 32.0 Å². The summed E-state index contributed by atoms with van der Waals surface area (Å²) in [6.45, 7) is 1.07. The Balaban J connectivity index is 1.90. The van der Waals surface area contributed by atoms with Crippen LogP contribution < -0.4 is 5.32 Å². The fourth-order valence-electron chi connectivity index (χ4n) is 3.86. The van der Waals surface area contributed by atoms with E-state index in [1.807, 2.05) is 24.3 Å². The molecule has 0 bridgehead atoms. The van der Waals surface area contributed by atoms with Crippen LogP contribution in [0.4, 0.5) is 0 Å². The van der Waals surface area contributed by atoms with Crippen LogP contribution in [-0.4, -0.2) is 42.0 Å². The lowest BCUT2D eigenvalue weighted by Crippen LogP contribution is -2.45. The van der Waals surface area contributed by atoms with Gasteiger partial charge in [-0.15, -0.1) is 0 Å². The highest BCUT2D eigenvalue weighted by Gasteiger charge is 2.36. The first-order chi connectivity index (χ1) is 14.2. The lowest BCUT2D eigenvalue weighted by atomic mass is 9.88. The molecule has 1 aromatic carbocycles. The predicted octanol–water partition coefficient (Wildman–Crippen LogP) is 1.87. The van der Waals surface area contributed by atoms with Crippen LogP contribution in [-0.2, 0) is 26.9 Å². The van der Waals surface area contributed by atoms with Gasteiger partial charge in [-0.2, -0.15) is 0 Å². The number of aromatic hydroxyl groups is 1. The number of rotatable bonds is 5. The summed E-state index contributed by atoms with van der Waals surface area (Å²) in [5, 5.41) is 24.3. The highest BCUT2D eigenvalue weighted by molar-refractivity contribution is 7.46. The Bertz CT molecular complexity index is 1190. The summed E-state index contributed by atoms with van der Waals surface area (Å²) in [6, 6.07) is 5.77. The lowest BCUT2D eigenvalue weighted by Gasteiger charge is -2.31. The van der Waals surface area contributed by atoms with E-state index in [0.29, 0.717) is 11.4 Å². The molecule has 2 unspecified atom stereocenters. The summed E-state index contributed by atoms with van der Waals surface area (Å²) >= 11 is 0. The maximum absolute atomic E-state index is 11.8. The molecule has 1 aliphatic heterocycles. The molecular weight excluding hydrogens is 413 g/mol. The van der Waals surface area contributed by atoms with E-state index in [1.54, 1.807) is 6.92 Å². The van der Waals surface area contributed by atoms with Gasteiger partial charge in [0.15, 0.2) is 0 Å². The smallest absolute Gasteiger partial charge is 0.469 e. The van der Waals surface area contributed by atoms with Crippen LogP contribution in [0.25, 0.3) is 10.9 Å². The monoisotopic (exact) mass is 433 g/mol. The van der Waals surface area contributed by atoms with Crippen molar-refractivity contribution in [1.82, 2.24) is 15.3 Å². The van der Waals surface area contributed by atoms with Crippen LogP contribution in [0.3, 0.4) is 0 Å². The number of fused-ring (bicyclic) bond motifs is 3. The molecule has 2 aromatic heterocycles. The first kappa shape index (κ1) is 20.5. The van der Waals surface area contributed by atoms with Crippen molar-refractivity contribution in [2.75, 3.05) is 0 Å². The maximum Gasteiger partial charge on any atom is 0.469 e. The van der Waals surface area contributed by atoms with Gasteiger partial charge in [-0.05, 0) is 18.6 Å². The van der Waals surface area contributed by atoms with E-state index in [2.05, 4.69) is 19.8 Å². The molecule has 1 aliphatic rings. The number of carboxylic acids is 1. The van der Waals surface area contributed by atoms with Crippen LogP contribution >= 0.6 is 7.82 Å². The molecule has 158 valence electrons. The van der Waals surface area contributed by atoms with Gasteiger partial charge >= 0.3 is 13.8 Å². The molecule has 3 heterocycles. The Morgan fingerprint density at radius 2 is 2.07 bits per heavy atom. The zero-order valence-corrected chi connectivity index (χ0v) is 16.8. The number of H-pyrrole nitrogens is 1. The van der Waals surface area contributed by atoms with Gasteiger partial charge in [0.25, 0.3) is 0 Å². The third-order valence-electron chi connectivity index (χ3n) is 5.24. The van der Waals surface area contributed by atoms with Gasteiger partial charge in [-0.25, -0.2) is 4.57 Å². The second kappa shape index (κ2) is 7.50. The number of benzene rings is 1. The number of pyridine rings is 1. The van der Waals surface area contributed by atoms with Gasteiger partial charge in [-0.3, -0.25) is 19.6 Å². The first-order valence-corrected chi connectivity index (χ1v) is 10.6. The van der Waals surface area contributed by atoms with Crippen molar-refractivity contribution in [2.24, 2.45) is 0 Å². The summed E-state index contributed by atoms with van der Waals surface area (Å²) in [5.41, 5.74) is 3.08. The minimum absolute atomic E-state index is 0.199. The standard InChI is InChI=1S/C19H20N3O7P/c1-9-18(23)15(10(7-20-9)8-29-30(26,27)28)17-16-12(6-14(22-17)19(24)25)11-4-2-3-5-13(11)21-16/h2-5,7,14,17,21-23H,6,8H2,1H3,(H,24,25)(H2,26,27,28). The van der Waals surface area contributed by atoms with E-state index in [9.17, 15) is 19.6 Å². The van der Waals surface area contributed by atoms with Gasteiger partial charge in [-0.1, -0.05) is 18.2 Å². The fraction of sp³-hybridized carbons (Fsp3) is 0.263. The average molecular weight is 433 g/mol. The van der Waals surface area contributed by atoms with Crippen molar-refractivity contribution in [3.05, 3.63) is 58.5 Å². The van der Waals surface area contributed by atoms with Crippen LogP contribution in [0.1, 0.15) is 34.1 Å². The molecule has 6 N–H and O–H groups in total. The van der Waals surface area contributed by atoms with Crippen LogP contribution in [0.5, 0.6) is 5.75 Å². The summed E-state index contributed by atoms with van der Waals surface area (Å²) in [5.74, 6) is -1.25. The number of aryl methyl sites for hydroxylation is 1. The van der Waals surface area contributed by atoms with Gasteiger partial charge in [0.2, 0.25) is 0 Å². The number of phosphoric ester groups is 1. The minimum Gasteiger partial charge on any atom is -0.506 e. The number of para-hydroxylation sites is 1. The average Bonchev–Trinajstić information content (AvgIpc) is 3.06. The summed E-state index contributed by atoms with van der Waals surface area (Å²) in [6.07, 6.45) is 1.60. The molecule has 0 spiro atoms. The topological polar surface area (TPSA) is 165 Å². The van der Waals surface area contributed by atoms with Crippen molar-refractivity contribution >= 4 is 24.7 Å². The summed E-state index contributed by atoms with van der Waals surface area (Å²) in [7, 11) is -4.77. The third kappa shape index (κ3) is 3.71. The largest absolute Gasteiger partial charge is 0.506 e. The first-order valence-electron chi connectivity index (χ1n) is 9.11. The number of hydrogen-bond acceptors (Lipinski definition) is 6. The Hall–Kier alpha value is -2.75. The highest BCUT2D eigenvalue weighted by atomic mass is 31.2. The number of phosphoric acid groups is 1. The molecule has 0 saturated carbocycles. The number of aromatic amines is 1. The Morgan fingerprint density at radius 3 is 2.77 bits per heavy atom. The van der Waals surface area contributed by atoms with E-state index in [0.717, 1.165) is 16.5 Å². The number of aromatic nitrogens is 2. The fourth-order valence-corrected chi connectivity index (χ4v) is 4.17. The maximum atomic E-state index is 11.8. The van der Waals surface area contributed by atoms with Crippen molar-refractivity contribution in [3.8, 4) is 5.75 Å². The van der Waals surface area contributed by atoms with Gasteiger partial charge in [0.05, 0.1) is 18.3 Å². The summed E-state index contributed by atoms with van der Waals surface area (Å²) in [4.78, 5) is 37.3. The normalized spacial score (nSPS) is 19.0. The van der Waals surface area contributed by atoms with E-state index in [-0.39, 0.29) is 23.3 Å². The predicted molar refractivity (Wildman–Crippen MR) is 106 cm³/mol. The van der Waals surface area contributed by atoms with Crippen molar-refractivity contribution < 1.29 is 33.9 Å². The van der Waals surface area contributed by atoms with Gasteiger partial charge in [0, 0.05) is 40.3 Å².